The van der Waals surface area contributed by atoms with Crippen molar-refractivity contribution in [3.05, 3.63) is 35.8 Å². The Bertz CT molecular complexity index is 658. The lowest BCUT2D eigenvalue weighted by molar-refractivity contribution is 0.596. The molecule has 0 aliphatic carbocycles. The van der Waals surface area contributed by atoms with Gasteiger partial charge in [0.05, 0.1) is 11.3 Å². The van der Waals surface area contributed by atoms with Crippen molar-refractivity contribution in [2.75, 3.05) is 5.75 Å². The molecule has 1 heterocycles. The Hall–Kier alpha value is -1.36. The van der Waals surface area contributed by atoms with Gasteiger partial charge in [0.1, 0.15) is 5.82 Å². The van der Waals surface area contributed by atoms with Gasteiger partial charge in [0.25, 0.3) is 0 Å². The Morgan fingerprint density at radius 2 is 2.06 bits per heavy atom. The number of fused-ring (bicyclic) bond motifs is 1. The molecule has 0 N–H and O–H groups in total. The number of benzene rings is 1. The van der Waals surface area contributed by atoms with Crippen LogP contribution in [-0.2, 0) is 22.6 Å². The fourth-order valence-electron chi connectivity index (χ4n) is 1.94. The highest BCUT2D eigenvalue weighted by Crippen LogP contribution is 2.25. The largest absolute Gasteiger partial charge is 0.350 e. The van der Waals surface area contributed by atoms with E-state index in [0.29, 0.717) is 16.5 Å². The van der Waals surface area contributed by atoms with Gasteiger partial charge in [-0.25, -0.2) is 12.8 Å². The number of aromatic nitrogens is 1. The van der Waals surface area contributed by atoms with Crippen molar-refractivity contribution in [3.63, 3.8) is 0 Å². The molecule has 0 fully saturated rings. The average molecular weight is 255 g/mol. The maximum atomic E-state index is 13.7. The summed E-state index contributed by atoms with van der Waals surface area (Å²) in [6, 6.07) is 4.75. The molecule has 17 heavy (non-hydrogen) atoms. The van der Waals surface area contributed by atoms with E-state index in [-0.39, 0.29) is 17.3 Å². The Kier molecular flexibility index (Phi) is 2.95. The van der Waals surface area contributed by atoms with Crippen molar-refractivity contribution < 1.29 is 12.8 Å². The molecule has 2 aromatic rings. The van der Waals surface area contributed by atoms with Crippen LogP contribution in [0, 0.1) is 5.82 Å². The Balaban J connectivity index is 2.63. The van der Waals surface area contributed by atoms with E-state index in [2.05, 4.69) is 0 Å². The second-order valence-electron chi connectivity index (χ2n) is 4.08. The van der Waals surface area contributed by atoms with Gasteiger partial charge in [0, 0.05) is 24.4 Å². The van der Waals surface area contributed by atoms with Crippen LogP contribution in [0.15, 0.2) is 24.4 Å². The molecule has 0 radical (unpaired) electrons. The summed E-state index contributed by atoms with van der Waals surface area (Å²) in [4.78, 5) is 0. The molecular formula is C12H14FNO2S. The summed E-state index contributed by atoms with van der Waals surface area (Å²) in [5.74, 6) is -0.413. The summed E-state index contributed by atoms with van der Waals surface area (Å²) in [6.45, 7) is 1.59. The molecule has 0 unspecified atom stereocenters. The highest BCUT2D eigenvalue weighted by atomic mass is 32.2. The predicted octanol–water partition coefficient (Wildman–Crippen LogP) is 2.25. The van der Waals surface area contributed by atoms with Gasteiger partial charge in [-0.05, 0) is 17.7 Å². The third-order valence-electron chi connectivity index (χ3n) is 2.86. The van der Waals surface area contributed by atoms with Gasteiger partial charge in [-0.1, -0.05) is 13.0 Å². The number of rotatable bonds is 3. The van der Waals surface area contributed by atoms with E-state index in [0.717, 1.165) is 0 Å². The molecule has 0 aliphatic rings. The molecule has 0 atom stereocenters. The maximum Gasteiger partial charge on any atom is 0.154 e. The average Bonchev–Trinajstić information content (AvgIpc) is 2.57. The molecule has 0 saturated carbocycles. The van der Waals surface area contributed by atoms with Crippen molar-refractivity contribution in [3.8, 4) is 0 Å². The second kappa shape index (κ2) is 4.14. The maximum absolute atomic E-state index is 13.7. The van der Waals surface area contributed by atoms with E-state index in [9.17, 15) is 12.8 Å². The van der Waals surface area contributed by atoms with Crippen LogP contribution in [0.25, 0.3) is 10.9 Å². The molecule has 0 bridgehead atoms. The first-order valence-electron chi connectivity index (χ1n) is 5.37. The quantitative estimate of drug-likeness (QED) is 0.843. The Labute approximate surface area is 99.8 Å². The zero-order valence-electron chi connectivity index (χ0n) is 9.77. The third kappa shape index (κ3) is 2.20. The van der Waals surface area contributed by atoms with Crippen molar-refractivity contribution >= 4 is 20.7 Å². The normalized spacial score (nSPS) is 12.2. The van der Waals surface area contributed by atoms with E-state index < -0.39 is 9.84 Å². The van der Waals surface area contributed by atoms with Gasteiger partial charge in [-0.2, -0.15) is 0 Å². The fraction of sp³-hybridized carbons (Fsp3) is 0.333. The molecule has 0 aliphatic heterocycles. The van der Waals surface area contributed by atoms with Crippen molar-refractivity contribution in [1.82, 2.24) is 4.57 Å². The van der Waals surface area contributed by atoms with E-state index in [1.54, 1.807) is 36.9 Å². The SMILES string of the molecule is CCS(=O)(=O)Cc1cn(C)c2cccc(F)c12. The summed E-state index contributed by atoms with van der Waals surface area (Å²) in [5.41, 5.74) is 1.24. The van der Waals surface area contributed by atoms with Crippen molar-refractivity contribution in [2.24, 2.45) is 7.05 Å². The number of halogens is 1. The monoisotopic (exact) mass is 255 g/mol. The van der Waals surface area contributed by atoms with Crippen molar-refractivity contribution in [2.45, 2.75) is 12.7 Å². The second-order valence-corrected chi connectivity index (χ2v) is 6.43. The summed E-state index contributed by atoms with van der Waals surface area (Å²) < 4.78 is 38.7. The zero-order chi connectivity index (χ0) is 12.6. The molecule has 92 valence electrons. The molecule has 0 saturated heterocycles. The van der Waals surface area contributed by atoms with Gasteiger partial charge in [-0.3, -0.25) is 0 Å². The topological polar surface area (TPSA) is 39.1 Å². The number of aryl methyl sites for hydroxylation is 1. The lowest BCUT2D eigenvalue weighted by atomic mass is 10.2. The van der Waals surface area contributed by atoms with Gasteiger partial charge < -0.3 is 4.57 Å². The number of hydrogen-bond acceptors (Lipinski definition) is 2. The Morgan fingerprint density at radius 1 is 1.35 bits per heavy atom. The van der Waals surface area contributed by atoms with Crippen LogP contribution in [0.3, 0.4) is 0 Å². The standard InChI is InChI=1S/C12H14FNO2S/c1-3-17(15,16)8-9-7-14(2)11-6-4-5-10(13)12(9)11/h4-7H,3,8H2,1-2H3. The predicted molar refractivity (Wildman–Crippen MR) is 66.0 cm³/mol. The molecule has 1 aromatic carbocycles. The summed E-state index contributed by atoms with van der Waals surface area (Å²) >= 11 is 0. The first-order valence-corrected chi connectivity index (χ1v) is 7.19. The highest BCUT2D eigenvalue weighted by molar-refractivity contribution is 7.90. The van der Waals surface area contributed by atoms with Crippen LogP contribution in [-0.4, -0.2) is 18.7 Å². The molecule has 0 spiro atoms. The van der Waals surface area contributed by atoms with Crippen LogP contribution in [0.5, 0.6) is 0 Å². The minimum Gasteiger partial charge on any atom is -0.350 e. The van der Waals surface area contributed by atoms with E-state index in [1.165, 1.54) is 6.07 Å². The first kappa shape index (κ1) is 12.1. The van der Waals surface area contributed by atoms with Crippen LogP contribution in [0.2, 0.25) is 0 Å². The molecule has 3 nitrogen and oxygen atoms in total. The molecule has 0 amide bonds. The van der Waals surface area contributed by atoms with Crippen LogP contribution in [0.4, 0.5) is 4.39 Å². The summed E-state index contributed by atoms with van der Waals surface area (Å²) in [5, 5.41) is 0.409. The van der Waals surface area contributed by atoms with Gasteiger partial charge >= 0.3 is 0 Å². The molecule has 5 heteroatoms. The smallest absolute Gasteiger partial charge is 0.154 e. The molecular weight excluding hydrogens is 241 g/mol. The van der Waals surface area contributed by atoms with Crippen LogP contribution >= 0.6 is 0 Å². The van der Waals surface area contributed by atoms with Crippen molar-refractivity contribution in [1.29, 1.82) is 0 Å². The number of hydrogen-bond donors (Lipinski definition) is 0. The van der Waals surface area contributed by atoms with Gasteiger partial charge in [-0.15, -0.1) is 0 Å². The fourth-order valence-corrected chi connectivity index (χ4v) is 2.84. The Morgan fingerprint density at radius 3 is 2.71 bits per heavy atom. The minimum atomic E-state index is -3.15. The summed E-state index contributed by atoms with van der Waals surface area (Å²) in [7, 11) is -1.37. The highest BCUT2D eigenvalue weighted by Gasteiger charge is 2.16. The molecule has 2 rings (SSSR count). The first-order chi connectivity index (χ1) is 7.94. The number of nitrogens with zero attached hydrogens (tertiary/aromatic N) is 1. The van der Waals surface area contributed by atoms with E-state index in [1.807, 2.05) is 0 Å². The van der Waals surface area contributed by atoms with E-state index in [4.69, 9.17) is 0 Å². The number of sulfone groups is 1. The summed E-state index contributed by atoms with van der Waals surface area (Å²) in [6.07, 6.45) is 1.68. The lowest BCUT2D eigenvalue weighted by Gasteiger charge is -2.00. The van der Waals surface area contributed by atoms with Crippen LogP contribution in [0.1, 0.15) is 12.5 Å². The van der Waals surface area contributed by atoms with E-state index >= 15 is 0 Å². The van der Waals surface area contributed by atoms with Crippen LogP contribution < -0.4 is 0 Å². The third-order valence-corrected chi connectivity index (χ3v) is 4.49. The lowest BCUT2D eigenvalue weighted by Crippen LogP contribution is -2.06. The van der Waals surface area contributed by atoms with Gasteiger partial charge in [0.15, 0.2) is 9.84 Å². The molecule has 1 aromatic heterocycles. The zero-order valence-corrected chi connectivity index (χ0v) is 10.6. The minimum absolute atomic E-state index is 0.0673. The van der Waals surface area contributed by atoms with Gasteiger partial charge in [0.2, 0.25) is 0 Å².